The summed E-state index contributed by atoms with van der Waals surface area (Å²) in [5.41, 5.74) is 3.95. The summed E-state index contributed by atoms with van der Waals surface area (Å²) in [7, 11) is 0. The van der Waals surface area contributed by atoms with E-state index in [0.717, 1.165) is 26.1 Å². The largest absolute Gasteiger partial charge is 0.394 e. The van der Waals surface area contributed by atoms with E-state index in [1.165, 1.54) is 23.2 Å². The van der Waals surface area contributed by atoms with Gasteiger partial charge < -0.3 is 15.3 Å². The molecule has 2 N–H and O–H groups in total. The van der Waals surface area contributed by atoms with Crippen LogP contribution in [0, 0.1) is 12.8 Å². The van der Waals surface area contributed by atoms with Crippen LogP contribution in [0.5, 0.6) is 0 Å². The maximum Gasteiger partial charge on any atom is 0.0635 e. The summed E-state index contributed by atoms with van der Waals surface area (Å²) in [5.74, 6) is 0.667. The van der Waals surface area contributed by atoms with Crippen LogP contribution in [-0.2, 0) is 6.54 Å². The molecular formula is C17H28N2O. The number of nitrogens with zero attached hydrogens (tertiary/aromatic N) is 1. The standard InChI is InChI=1S/C17H28N2O/c1-13(2)10-18-11-15-9-14(3)6-7-17(15)19-8-4-5-16(19)12-20/h6-7,9,13,16,18,20H,4-5,8,10-12H2,1-3H3. The first kappa shape index (κ1) is 15.3. The van der Waals surface area contributed by atoms with E-state index in [9.17, 15) is 5.11 Å². The van der Waals surface area contributed by atoms with Crippen LogP contribution in [0.1, 0.15) is 37.8 Å². The Labute approximate surface area is 123 Å². The lowest BCUT2D eigenvalue weighted by Crippen LogP contribution is -2.33. The zero-order chi connectivity index (χ0) is 14.5. The van der Waals surface area contributed by atoms with E-state index >= 15 is 0 Å². The van der Waals surface area contributed by atoms with Gasteiger partial charge in [0.2, 0.25) is 0 Å². The lowest BCUT2D eigenvalue weighted by atomic mass is 10.1. The molecule has 3 nitrogen and oxygen atoms in total. The fourth-order valence-electron chi connectivity index (χ4n) is 2.97. The van der Waals surface area contributed by atoms with Gasteiger partial charge >= 0.3 is 0 Å². The summed E-state index contributed by atoms with van der Waals surface area (Å²) in [5, 5.41) is 13.1. The molecule has 20 heavy (non-hydrogen) atoms. The van der Waals surface area contributed by atoms with E-state index in [1.807, 2.05) is 0 Å². The van der Waals surface area contributed by atoms with E-state index in [0.29, 0.717) is 12.0 Å². The highest BCUT2D eigenvalue weighted by atomic mass is 16.3. The van der Waals surface area contributed by atoms with Gasteiger partial charge in [-0.25, -0.2) is 0 Å². The first-order valence-electron chi connectivity index (χ1n) is 7.79. The van der Waals surface area contributed by atoms with E-state index in [2.05, 4.69) is 49.2 Å². The summed E-state index contributed by atoms with van der Waals surface area (Å²) in [6, 6.07) is 6.96. The molecule has 0 spiro atoms. The second kappa shape index (κ2) is 7.09. The molecule has 1 aromatic rings. The molecule has 1 aliphatic heterocycles. The molecule has 0 aromatic heterocycles. The van der Waals surface area contributed by atoms with Crippen molar-refractivity contribution in [2.45, 2.75) is 46.2 Å². The maximum atomic E-state index is 9.53. The van der Waals surface area contributed by atoms with Gasteiger partial charge in [0.05, 0.1) is 12.6 Å². The summed E-state index contributed by atoms with van der Waals surface area (Å²) in [6.45, 7) is 9.86. The highest BCUT2D eigenvalue weighted by Gasteiger charge is 2.25. The van der Waals surface area contributed by atoms with Crippen LogP contribution in [0.25, 0.3) is 0 Å². The number of anilines is 1. The number of aryl methyl sites for hydroxylation is 1. The fraction of sp³-hybridized carbons (Fsp3) is 0.647. The molecular weight excluding hydrogens is 248 g/mol. The third-order valence-corrected chi connectivity index (χ3v) is 4.00. The third-order valence-electron chi connectivity index (χ3n) is 4.00. The molecule has 1 fully saturated rings. The number of hydrogen-bond acceptors (Lipinski definition) is 3. The quantitative estimate of drug-likeness (QED) is 0.838. The van der Waals surface area contributed by atoms with Crippen LogP contribution < -0.4 is 10.2 Å². The van der Waals surface area contributed by atoms with Gasteiger partial charge in [-0.05, 0) is 43.9 Å². The SMILES string of the molecule is Cc1ccc(N2CCCC2CO)c(CNCC(C)C)c1. The smallest absolute Gasteiger partial charge is 0.0635 e. The Balaban J connectivity index is 2.14. The van der Waals surface area contributed by atoms with E-state index in [-0.39, 0.29) is 6.61 Å². The van der Waals surface area contributed by atoms with Crippen molar-refractivity contribution in [2.75, 3.05) is 24.6 Å². The molecule has 1 unspecified atom stereocenters. The molecule has 1 heterocycles. The van der Waals surface area contributed by atoms with E-state index in [4.69, 9.17) is 0 Å². The zero-order valence-electron chi connectivity index (χ0n) is 13.0. The predicted octanol–water partition coefficient (Wildman–Crippen LogP) is 2.70. The van der Waals surface area contributed by atoms with E-state index < -0.39 is 0 Å². The number of benzene rings is 1. The van der Waals surface area contributed by atoms with Crippen LogP contribution in [0.4, 0.5) is 5.69 Å². The third kappa shape index (κ3) is 3.74. The molecule has 1 saturated heterocycles. The van der Waals surface area contributed by atoms with Gasteiger partial charge in [-0.2, -0.15) is 0 Å². The van der Waals surface area contributed by atoms with E-state index in [1.54, 1.807) is 0 Å². The van der Waals surface area contributed by atoms with Gasteiger partial charge in [-0.15, -0.1) is 0 Å². The van der Waals surface area contributed by atoms with Gasteiger partial charge in [-0.1, -0.05) is 31.5 Å². The number of rotatable bonds is 6. The van der Waals surface area contributed by atoms with Crippen LogP contribution in [0.3, 0.4) is 0 Å². The van der Waals surface area contributed by atoms with Gasteiger partial charge in [0, 0.05) is 18.8 Å². The van der Waals surface area contributed by atoms with Crippen molar-refractivity contribution in [3.8, 4) is 0 Å². The van der Waals surface area contributed by atoms with Crippen LogP contribution >= 0.6 is 0 Å². The predicted molar refractivity (Wildman–Crippen MR) is 85.2 cm³/mol. The minimum absolute atomic E-state index is 0.257. The molecule has 0 radical (unpaired) electrons. The Morgan fingerprint density at radius 3 is 2.90 bits per heavy atom. The van der Waals surface area contributed by atoms with Crippen molar-refractivity contribution in [3.05, 3.63) is 29.3 Å². The topological polar surface area (TPSA) is 35.5 Å². The fourth-order valence-corrected chi connectivity index (χ4v) is 2.97. The molecule has 1 aliphatic rings. The number of aliphatic hydroxyl groups is 1. The average molecular weight is 276 g/mol. The first-order valence-corrected chi connectivity index (χ1v) is 7.79. The Morgan fingerprint density at radius 1 is 1.40 bits per heavy atom. The van der Waals surface area contributed by atoms with Crippen molar-refractivity contribution in [2.24, 2.45) is 5.92 Å². The lowest BCUT2D eigenvalue weighted by Gasteiger charge is -2.28. The van der Waals surface area contributed by atoms with Crippen molar-refractivity contribution in [1.82, 2.24) is 5.32 Å². The Hall–Kier alpha value is -1.06. The normalized spacial score (nSPS) is 19.1. The second-order valence-electron chi connectivity index (χ2n) is 6.33. The van der Waals surface area contributed by atoms with Crippen molar-refractivity contribution in [3.63, 3.8) is 0 Å². The van der Waals surface area contributed by atoms with Crippen LogP contribution in [0.2, 0.25) is 0 Å². The molecule has 0 bridgehead atoms. The number of nitrogens with one attached hydrogen (secondary N) is 1. The second-order valence-corrected chi connectivity index (χ2v) is 6.33. The summed E-state index contributed by atoms with van der Waals surface area (Å²) < 4.78 is 0. The van der Waals surface area contributed by atoms with Gasteiger partial charge in [-0.3, -0.25) is 0 Å². The monoisotopic (exact) mass is 276 g/mol. The van der Waals surface area contributed by atoms with Crippen LogP contribution in [0.15, 0.2) is 18.2 Å². The summed E-state index contributed by atoms with van der Waals surface area (Å²) in [4.78, 5) is 2.38. The summed E-state index contributed by atoms with van der Waals surface area (Å²) >= 11 is 0. The Morgan fingerprint density at radius 2 is 2.20 bits per heavy atom. The molecule has 0 saturated carbocycles. The Kier molecular flexibility index (Phi) is 5.44. The van der Waals surface area contributed by atoms with Gasteiger partial charge in [0.15, 0.2) is 0 Å². The van der Waals surface area contributed by atoms with Gasteiger partial charge in [0.1, 0.15) is 0 Å². The minimum atomic E-state index is 0.257. The molecule has 2 rings (SSSR count). The summed E-state index contributed by atoms with van der Waals surface area (Å²) in [6.07, 6.45) is 2.28. The highest BCUT2D eigenvalue weighted by Crippen LogP contribution is 2.29. The van der Waals surface area contributed by atoms with Crippen molar-refractivity contribution in [1.29, 1.82) is 0 Å². The molecule has 112 valence electrons. The number of hydrogen-bond donors (Lipinski definition) is 2. The zero-order valence-corrected chi connectivity index (χ0v) is 13.0. The maximum absolute atomic E-state index is 9.53. The number of aliphatic hydroxyl groups excluding tert-OH is 1. The first-order chi connectivity index (χ1) is 9.61. The molecule has 0 aliphatic carbocycles. The minimum Gasteiger partial charge on any atom is -0.394 e. The highest BCUT2D eigenvalue weighted by molar-refractivity contribution is 5.56. The van der Waals surface area contributed by atoms with Gasteiger partial charge in [0.25, 0.3) is 0 Å². The molecule has 1 atom stereocenters. The van der Waals surface area contributed by atoms with Crippen LogP contribution in [-0.4, -0.2) is 30.8 Å². The Bertz CT molecular complexity index is 431. The molecule has 0 amide bonds. The van der Waals surface area contributed by atoms with Crippen molar-refractivity contribution >= 4 is 5.69 Å². The lowest BCUT2D eigenvalue weighted by molar-refractivity contribution is 0.266. The molecule has 1 aromatic carbocycles. The molecule has 3 heteroatoms. The average Bonchev–Trinajstić information content (AvgIpc) is 2.86. The van der Waals surface area contributed by atoms with Crippen molar-refractivity contribution < 1.29 is 5.11 Å².